The van der Waals surface area contributed by atoms with Crippen LogP contribution in [-0.4, -0.2) is 65.9 Å². The number of Topliss-reactive ketones (excluding diaryl/α,β-unsaturated/α-hetero) is 2. The van der Waals surface area contributed by atoms with Crippen LogP contribution in [0, 0.1) is 39.0 Å². The first-order chi connectivity index (χ1) is 33.1. The molecule has 6 heterocycles. The number of nitrogens with one attached hydrogen (secondary N) is 2. The Balaban J connectivity index is 0.000000204. The third-order valence-electron chi connectivity index (χ3n) is 12.6. The first-order valence-electron chi connectivity index (χ1n) is 22.4. The topological polar surface area (TPSA) is 215 Å². The number of H-pyrrole nitrogens is 2. The molecule has 0 amide bonds. The maximum atomic E-state index is 13.5. The van der Waals surface area contributed by atoms with Crippen molar-refractivity contribution in [1.82, 2.24) is 29.1 Å². The highest BCUT2D eigenvalue weighted by atomic mass is 16.5. The number of rotatable bonds is 15. The van der Waals surface area contributed by atoms with E-state index in [0.717, 1.165) is 33.3 Å². The van der Waals surface area contributed by atoms with Gasteiger partial charge in [-0.2, -0.15) is 5.26 Å². The second-order valence-electron chi connectivity index (χ2n) is 16.9. The quantitative estimate of drug-likeness (QED) is 0.0824. The van der Waals surface area contributed by atoms with E-state index in [4.69, 9.17) is 9.47 Å². The number of aromatic amines is 2. The molecule has 0 aliphatic carbocycles. The number of nitrogens with zero attached hydrogens (tertiary/aromatic N) is 5. The fourth-order valence-electron chi connectivity index (χ4n) is 9.20. The van der Waals surface area contributed by atoms with E-state index < -0.39 is 5.97 Å². The molecule has 8 aromatic rings. The average Bonchev–Trinajstić information content (AvgIpc) is 3.81. The van der Waals surface area contributed by atoms with Crippen molar-refractivity contribution in [2.24, 2.45) is 0 Å². The van der Waals surface area contributed by atoms with Gasteiger partial charge in [0.15, 0.2) is 11.6 Å². The summed E-state index contributed by atoms with van der Waals surface area (Å²) < 4.78 is 14.7. The first kappa shape index (κ1) is 48.6. The summed E-state index contributed by atoms with van der Waals surface area (Å²) in [7, 11) is 3.02. The van der Waals surface area contributed by atoms with Gasteiger partial charge in [0, 0.05) is 69.9 Å². The van der Waals surface area contributed by atoms with Crippen molar-refractivity contribution >= 4 is 39.6 Å². The minimum Gasteiger partial charge on any atom is -0.496 e. The SMILES string of the molecule is COc1cc(C)[nH]c(=O)c1CCC(=O)c1c(C)n(C(C)c2cccc(C#N)c2)c2ncccc12.COc1cc(C)[nH]c(=O)c1CCC(=O)c1c(C)n(C(C)c2cccc(C(=O)O)c2)c2ncccc12. The molecule has 0 radical (unpaired) electrons. The summed E-state index contributed by atoms with van der Waals surface area (Å²) in [6.45, 7) is 11.3. The lowest BCUT2D eigenvalue weighted by Gasteiger charge is -2.18. The Kier molecular flexibility index (Phi) is 14.5. The van der Waals surface area contributed by atoms with E-state index in [1.807, 2.05) is 79.3 Å². The Hall–Kier alpha value is -8.38. The van der Waals surface area contributed by atoms with Crippen LogP contribution in [0.25, 0.3) is 22.1 Å². The predicted octanol–water partition coefficient (Wildman–Crippen LogP) is 9.12. The van der Waals surface area contributed by atoms with Gasteiger partial charge in [-0.25, -0.2) is 14.8 Å². The molecule has 0 spiro atoms. The van der Waals surface area contributed by atoms with Crippen LogP contribution >= 0.6 is 0 Å². The van der Waals surface area contributed by atoms with Crippen LogP contribution in [0.15, 0.2) is 107 Å². The Morgan fingerprint density at radius 3 is 1.55 bits per heavy atom. The number of methoxy groups -OCH3 is 2. The molecule has 69 heavy (non-hydrogen) atoms. The number of nitriles is 1. The molecule has 0 aliphatic heterocycles. The predicted molar refractivity (Wildman–Crippen MR) is 263 cm³/mol. The molecule has 2 atom stereocenters. The summed E-state index contributed by atoms with van der Waals surface area (Å²) in [4.78, 5) is 78.0. The van der Waals surface area contributed by atoms with E-state index >= 15 is 0 Å². The lowest BCUT2D eigenvalue weighted by molar-refractivity contribution is 0.0696. The van der Waals surface area contributed by atoms with E-state index in [2.05, 4.69) is 26.0 Å². The first-order valence-corrected chi connectivity index (χ1v) is 22.4. The van der Waals surface area contributed by atoms with E-state index in [1.54, 1.807) is 68.7 Å². The van der Waals surface area contributed by atoms with Crippen LogP contribution in [0.3, 0.4) is 0 Å². The summed E-state index contributed by atoms with van der Waals surface area (Å²) in [5, 5.41) is 20.2. The summed E-state index contributed by atoms with van der Waals surface area (Å²) >= 11 is 0. The van der Waals surface area contributed by atoms with E-state index in [9.17, 15) is 34.3 Å². The van der Waals surface area contributed by atoms with Crippen LogP contribution in [0.5, 0.6) is 11.5 Å². The van der Waals surface area contributed by atoms with Crippen LogP contribution in [-0.2, 0) is 12.8 Å². The molecule has 0 saturated carbocycles. The molecule has 15 nitrogen and oxygen atoms in total. The molecule has 15 heteroatoms. The van der Waals surface area contributed by atoms with Crippen molar-refractivity contribution in [3.05, 3.63) is 185 Å². The Labute approximate surface area is 398 Å². The van der Waals surface area contributed by atoms with Crippen LogP contribution in [0.4, 0.5) is 0 Å². The fraction of sp³-hybridized carbons (Fsp3) is 0.259. The van der Waals surface area contributed by atoms with Crippen LogP contribution in [0.2, 0.25) is 0 Å². The van der Waals surface area contributed by atoms with Gasteiger partial charge in [0.25, 0.3) is 11.1 Å². The van der Waals surface area contributed by atoms with Crippen LogP contribution in [0.1, 0.15) is 120 Å². The second-order valence-corrected chi connectivity index (χ2v) is 16.9. The van der Waals surface area contributed by atoms with Crippen molar-refractivity contribution in [3.8, 4) is 17.6 Å². The summed E-state index contributed by atoms with van der Waals surface area (Å²) in [5.74, 6) is -0.210. The molecule has 0 saturated heterocycles. The average molecular weight is 928 g/mol. The van der Waals surface area contributed by atoms with E-state index in [0.29, 0.717) is 62.0 Å². The van der Waals surface area contributed by atoms with Crippen molar-refractivity contribution in [2.45, 2.75) is 79.3 Å². The molecule has 0 aliphatic rings. The number of aromatic nitrogens is 6. The number of carbonyl (C=O) groups is 3. The van der Waals surface area contributed by atoms with Gasteiger partial charge in [0.1, 0.15) is 22.8 Å². The van der Waals surface area contributed by atoms with Gasteiger partial charge in [-0.15, -0.1) is 0 Å². The zero-order chi connectivity index (χ0) is 49.7. The normalized spacial score (nSPS) is 11.9. The molecule has 2 unspecified atom stereocenters. The molecule has 2 aromatic carbocycles. The largest absolute Gasteiger partial charge is 0.496 e. The number of hydrogen-bond donors (Lipinski definition) is 3. The lowest BCUT2D eigenvalue weighted by Crippen LogP contribution is -2.17. The Bertz CT molecular complexity index is 3440. The van der Waals surface area contributed by atoms with Crippen molar-refractivity contribution < 1.29 is 29.0 Å². The highest BCUT2D eigenvalue weighted by Crippen LogP contribution is 2.34. The number of aryl methyl sites for hydroxylation is 2. The number of carboxylic acids is 1. The number of fused-ring (bicyclic) bond motifs is 2. The van der Waals surface area contributed by atoms with E-state index in [1.165, 1.54) is 14.2 Å². The van der Waals surface area contributed by atoms with E-state index in [-0.39, 0.29) is 66.0 Å². The van der Waals surface area contributed by atoms with Gasteiger partial charge in [0.2, 0.25) is 0 Å². The van der Waals surface area contributed by atoms with Gasteiger partial charge >= 0.3 is 5.97 Å². The molecule has 3 N–H and O–H groups in total. The summed E-state index contributed by atoms with van der Waals surface area (Å²) in [6.07, 6.45) is 4.17. The van der Waals surface area contributed by atoms with Gasteiger partial charge in [0.05, 0.1) is 54.6 Å². The number of carbonyl (C=O) groups excluding carboxylic acids is 2. The standard InChI is InChI=1S/C27H26N4O3.C27H27N3O5/c1-16-13-24(34-4)21(27(33)30-16)10-11-23(32)25-18(3)31(26-22(25)9-6-12-29-26)17(2)20-8-5-7-19(14-20)15-28;1-15-13-23(35-4)20(26(32)29-15)10-11-22(31)24-17(3)30(25-21(24)9-6-12-28-25)16(2)18-7-5-8-19(14-18)27(33)34/h5-9,12-14,17H,10-11H2,1-4H3,(H,30,33);5-9,12-14,16H,10-11H2,1-4H3,(H,29,32)(H,33,34). The smallest absolute Gasteiger partial charge is 0.335 e. The number of ketones is 2. The molecule has 352 valence electrons. The van der Waals surface area contributed by atoms with Gasteiger partial charge in [-0.1, -0.05) is 24.3 Å². The number of benzene rings is 2. The molecule has 0 fully saturated rings. The van der Waals surface area contributed by atoms with Crippen LogP contribution < -0.4 is 20.6 Å². The number of hydrogen-bond acceptors (Lipinski definition) is 10. The Morgan fingerprint density at radius 2 is 1.12 bits per heavy atom. The third kappa shape index (κ3) is 9.87. The van der Waals surface area contributed by atoms with Crippen molar-refractivity contribution in [1.29, 1.82) is 5.26 Å². The second kappa shape index (κ2) is 20.6. The maximum absolute atomic E-state index is 13.5. The Morgan fingerprint density at radius 1 is 0.667 bits per heavy atom. The van der Waals surface area contributed by atoms with Gasteiger partial charge in [-0.05, 0) is 126 Å². The summed E-state index contributed by atoms with van der Waals surface area (Å²) in [5.41, 5.74) is 8.38. The molecule has 0 bridgehead atoms. The van der Waals surface area contributed by atoms with Crippen molar-refractivity contribution in [3.63, 3.8) is 0 Å². The minimum absolute atomic E-state index is 0.0609. The van der Waals surface area contributed by atoms with Crippen molar-refractivity contribution in [2.75, 3.05) is 14.2 Å². The number of ether oxygens (including phenoxy) is 2. The van der Waals surface area contributed by atoms with Gasteiger partial charge in [-0.3, -0.25) is 19.2 Å². The van der Waals surface area contributed by atoms with Gasteiger partial charge < -0.3 is 33.7 Å². The zero-order valence-corrected chi connectivity index (χ0v) is 39.8. The highest BCUT2D eigenvalue weighted by Gasteiger charge is 2.27. The number of aromatic carboxylic acids is 1. The number of pyridine rings is 4. The zero-order valence-electron chi connectivity index (χ0n) is 39.8. The number of carboxylic acid groups (broad SMARTS) is 1. The minimum atomic E-state index is -0.997. The lowest BCUT2D eigenvalue weighted by atomic mass is 10.0. The fourth-order valence-corrected chi connectivity index (χ4v) is 9.20. The molecular formula is C54H53N7O8. The molecule has 8 rings (SSSR count). The molecule has 6 aromatic heterocycles. The summed E-state index contributed by atoms with van der Waals surface area (Å²) in [6, 6.07) is 26.9. The highest BCUT2D eigenvalue weighted by molar-refractivity contribution is 6.09. The molecular weight excluding hydrogens is 875 g/mol. The monoisotopic (exact) mass is 927 g/mol. The third-order valence-corrected chi connectivity index (χ3v) is 12.6. The maximum Gasteiger partial charge on any atom is 0.335 e.